The molecule has 1 heterocycles. The van der Waals surface area contributed by atoms with Gasteiger partial charge in [-0.1, -0.05) is 66.7 Å². The highest BCUT2D eigenvalue weighted by molar-refractivity contribution is 6.46. The third kappa shape index (κ3) is 4.50. The maximum absolute atomic E-state index is 13.4. The highest BCUT2D eigenvalue weighted by Crippen LogP contribution is 2.41. The second-order valence-corrected chi connectivity index (χ2v) is 8.96. The van der Waals surface area contributed by atoms with Crippen LogP contribution in [0.2, 0.25) is 0 Å². The molecule has 0 spiro atoms. The van der Waals surface area contributed by atoms with Gasteiger partial charge in [-0.3, -0.25) is 9.59 Å². The molecule has 1 aliphatic rings. The van der Waals surface area contributed by atoms with E-state index in [1.165, 1.54) is 17.0 Å². The number of nitrogens with zero attached hydrogens (tertiary/aromatic N) is 1. The second-order valence-electron chi connectivity index (χ2n) is 8.96. The first-order chi connectivity index (χ1) is 18.4. The van der Waals surface area contributed by atoms with Crippen molar-refractivity contribution in [3.8, 4) is 5.75 Å². The van der Waals surface area contributed by atoms with E-state index in [-0.39, 0.29) is 30.2 Å². The van der Waals surface area contributed by atoms with Crippen LogP contribution in [-0.4, -0.2) is 39.4 Å². The van der Waals surface area contributed by atoms with Crippen molar-refractivity contribution in [3.63, 3.8) is 0 Å². The first-order valence-electron chi connectivity index (χ1n) is 12.2. The molecule has 1 atom stereocenters. The smallest absolute Gasteiger partial charge is 0.338 e. The van der Waals surface area contributed by atoms with Crippen molar-refractivity contribution in [1.82, 2.24) is 4.90 Å². The average Bonchev–Trinajstić information content (AvgIpc) is 3.18. The van der Waals surface area contributed by atoms with Crippen molar-refractivity contribution in [2.75, 3.05) is 6.61 Å². The van der Waals surface area contributed by atoms with Crippen molar-refractivity contribution in [2.24, 2.45) is 0 Å². The summed E-state index contributed by atoms with van der Waals surface area (Å²) >= 11 is 0. The number of phenols is 1. The Labute approximate surface area is 219 Å². The summed E-state index contributed by atoms with van der Waals surface area (Å²) in [4.78, 5) is 40.2. The molecule has 190 valence electrons. The molecule has 0 aromatic heterocycles. The molecule has 1 saturated heterocycles. The fraction of sp³-hybridized carbons (Fsp3) is 0.129. The Kier molecular flexibility index (Phi) is 6.66. The Bertz CT molecular complexity index is 1570. The zero-order chi connectivity index (χ0) is 26.8. The number of aromatic hydroxyl groups is 1. The van der Waals surface area contributed by atoms with Gasteiger partial charge in [-0.15, -0.1) is 0 Å². The number of carbonyl (C=O) groups is 3. The number of aliphatic hydroxyl groups is 1. The Hall–Kier alpha value is -4.91. The van der Waals surface area contributed by atoms with Crippen molar-refractivity contribution < 1.29 is 29.3 Å². The molecule has 2 N–H and O–H groups in total. The van der Waals surface area contributed by atoms with Gasteiger partial charge in [0.15, 0.2) is 0 Å². The van der Waals surface area contributed by atoms with E-state index in [4.69, 9.17) is 4.74 Å². The number of rotatable bonds is 6. The first-order valence-corrected chi connectivity index (χ1v) is 12.2. The lowest BCUT2D eigenvalue weighted by molar-refractivity contribution is -0.140. The highest BCUT2D eigenvalue weighted by atomic mass is 16.5. The van der Waals surface area contributed by atoms with Crippen LogP contribution in [0.5, 0.6) is 5.75 Å². The molecule has 38 heavy (non-hydrogen) atoms. The standard InChI is InChI=1S/C31H25NO6/c1-2-38-31(37)22-12-10-19(11-13-22)18-32-27(21-14-16-23(33)17-15-21)26(29(35)30(32)36)28(34)25-9-5-7-20-6-3-4-8-24(20)25/h3-17,27,33-34H,2,18H2,1H3/b28-26-. The number of fused-ring (bicyclic) bond motifs is 1. The summed E-state index contributed by atoms with van der Waals surface area (Å²) < 4.78 is 5.03. The lowest BCUT2D eigenvalue weighted by Gasteiger charge is -2.25. The fourth-order valence-corrected chi connectivity index (χ4v) is 4.78. The van der Waals surface area contributed by atoms with Crippen LogP contribution < -0.4 is 0 Å². The van der Waals surface area contributed by atoms with E-state index in [9.17, 15) is 24.6 Å². The lowest BCUT2D eigenvalue weighted by atomic mass is 9.93. The van der Waals surface area contributed by atoms with Gasteiger partial charge < -0.3 is 19.8 Å². The number of ether oxygens (including phenoxy) is 1. The van der Waals surface area contributed by atoms with Gasteiger partial charge in [0, 0.05) is 12.1 Å². The average molecular weight is 508 g/mol. The molecule has 1 aliphatic heterocycles. The molecule has 0 radical (unpaired) electrons. The van der Waals surface area contributed by atoms with Gasteiger partial charge in [0.25, 0.3) is 11.7 Å². The van der Waals surface area contributed by atoms with E-state index in [0.29, 0.717) is 22.3 Å². The van der Waals surface area contributed by atoms with Crippen LogP contribution in [0.25, 0.3) is 16.5 Å². The number of Topliss-reactive ketones (excluding diaryl/α,β-unsaturated/α-hetero) is 1. The number of hydrogen-bond acceptors (Lipinski definition) is 6. The van der Waals surface area contributed by atoms with Gasteiger partial charge in [-0.2, -0.15) is 0 Å². The number of phenolic OH excluding ortho intramolecular Hbond substituents is 1. The highest BCUT2D eigenvalue weighted by Gasteiger charge is 2.46. The van der Waals surface area contributed by atoms with Gasteiger partial charge in [0.05, 0.1) is 23.8 Å². The van der Waals surface area contributed by atoms with E-state index in [2.05, 4.69) is 0 Å². The molecule has 0 saturated carbocycles. The van der Waals surface area contributed by atoms with E-state index in [1.54, 1.807) is 55.5 Å². The number of ketones is 1. The quantitative estimate of drug-likeness (QED) is 0.158. The molecular weight excluding hydrogens is 482 g/mol. The normalized spacial score (nSPS) is 16.7. The van der Waals surface area contributed by atoms with Crippen molar-refractivity contribution in [2.45, 2.75) is 19.5 Å². The van der Waals surface area contributed by atoms with Crippen molar-refractivity contribution in [3.05, 3.63) is 119 Å². The number of benzene rings is 4. The summed E-state index contributed by atoms with van der Waals surface area (Å²) in [5.74, 6) is -2.22. The zero-order valence-corrected chi connectivity index (χ0v) is 20.6. The number of aliphatic hydroxyl groups excluding tert-OH is 1. The zero-order valence-electron chi connectivity index (χ0n) is 20.6. The first kappa shape index (κ1) is 24.8. The minimum Gasteiger partial charge on any atom is -0.508 e. The van der Waals surface area contributed by atoms with Crippen LogP contribution >= 0.6 is 0 Å². The van der Waals surface area contributed by atoms with Crippen LogP contribution in [0.4, 0.5) is 0 Å². The van der Waals surface area contributed by atoms with Gasteiger partial charge in [0.1, 0.15) is 11.5 Å². The predicted octanol–water partition coefficient (Wildman–Crippen LogP) is 5.34. The molecular formula is C31H25NO6. The molecule has 5 rings (SSSR count). The van der Waals surface area contributed by atoms with Crippen LogP contribution in [0.15, 0.2) is 96.6 Å². The van der Waals surface area contributed by atoms with Crippen LogP contribution in [0.3, 0.4) is 0 Å². The van der Waals surface area contributed by atoms with Crippen molar-refractivity contribution >= 4 is 34.2 Å². The molecule has 4 aromatic rings. The SMILES string of the molecule is CCOC(=O)c1ccc(CN2C(=O)C(=O)/C(=C(\O)c3cccc4ccccc34)C2c2ccc(O)cc2)cc1. The van der Waals surface area contributed by atoms with Gasteiger partial charge in [0.2, 0.25) is 0 Å². The summed E-state index contributed by atoms with van der Waals surface area (Å²) in [7, 11) is 0. The molecule has 1 fully saturated rings. The number of amides is 1. The molecule has 1 unspecified atom stereocenters. The molecule has 4 aromatic carbocycles. The van der Waals surface area contributed by atoms with Gasteiger partial charge in [-0.25, -0.2) is 4.79 Å². The van der Waals surface area contributed by atoms with E-state index < -0.39 is 23.7 Å². The van der Waals surface area contributed by atoms with E-state index in [0.717, 1.165) is 10.8 Å². The Morgan fingerprint density at radius 2 is 1.58 bits per heavy atom. The number of carbonyl (C=O) groups excluding carboxylic acids is 3. The second kappa shape index (κ2) is 10.2. The molecule has 0 aliphatic carbocycles. The minimum absolute atomic E-state index is 0.0276. The van der Waals surface area contributed by atoms with Crippen LogP contribution in [0, 0.1) is 0 Å². The summed E-state index contributed by atoms with van der Waals surface area (Å²) in [6.07, 6.45) is 0. The summed E-state index contributed by atoms with van der Waals surface area (Å²) in [5, 5.41) is 23.0. The maximum Gasteiger partial charge on any atom is 0.338 e. The monoisotopic (exact) mass is 507 g/mol. The third-order valence-electron chi connectivity index (χ3n) is 6.61. The number of likely N-dealkylation sites (tertiary alicyclic amines) is 1. The maximum atomic E-state index is 13.4. The topological polar surface area (TPSA) is 104 Å². The Morgan fingerprint density at radius 1 is 0.895 bits per heavy atom. The summed E-state index contributed by atoms with van der Waals surface area (Å²) in [6, 6.07) is 24.8. The Balaban J connectivity index is 1.60. The predicted molar refractivity (Wildman–Crippen MR) is 142 cm³/mol. The largest absolute Gasteiger partial charge is 0.508 e. The molecule has 7 heteroatoms. The van der Waals surface area contributed by atoms with Gasteiger partial charge >= 0.3 is 5.97 Å². The van der Waals surface area contributed by atoms with E-state index in [1.807, 2.05) is 30.3 Å². The molecule has 1 amide bonds. The molecule has 0 bridgehead atoms. The van der Waals surface area contributed by atoms with Crippen molar-refractivity contribution in [1.29, 1.82) is 0 Å². The lowest BCUT2D eigenvalue weighted by Crippen LogP contribution is -2.29. The Morgan fingerprint density at radius 3 is 2.29 bits per heavy atom. The molecule has 7 nitrogen and oxygen atoms in total. The van der Waals surface area contributed by atoms with Crippen LogP contribution in [0.1, 0.15) is 40.0 Å². The van der Waals surface area contributed by atoms with Gasteiger partial charge in [-0.05, 0) is 53.1 Å². The minimum atomic E-state index is -0.890. The fourth-order valence-electron chi connectivity index (χ4n) is 4.78. The van der Waals surface area contributed by atoms with Crippen LogP contribution in [-0.2, 0) is 20.9 Å². The number of hydrogen-bond donors (Lipinski definition) is 2. The summed E-state index contributed by atoms with van der Waals surface area (Å²) in [6.45, 7) is 2.05. The third-order valence-corrected chi connectivity index (χ3v) is 6.61. The number of esters is 1. The summed E-state index contributed by atoms with van der Waals surface area (Å²) in [5.41, 5.74) is 2.05. The van der Waals surface area contributed by atoms with E-state index >= 15 is 0 Å².